The van der Waals surface area contributed by atoms with Gasteiger partial charge in [0.05, 0.1) is 19.6 Å². The summed E-state index contributed by atoms with van der Waals surface area (Å²) in [6.07, 6.45) is -2.67. The minimum atomic E-state index is -1.29. The van der Waals surface area contributed by atoms with E-state index in [-0.39, 0.29) is 24.9 Å². The Balaban J connectivity index is 3.00. The van der Waals surface area contributed by atoms with Crippen molar-refractivity contribution >= 4 is 5.97 Å². The lowest BCUT2D eigenvalue weighted by Gasteiger charge is -2.20. The molecule has 0 aliphatic carbocycles. The van der Waals surface area contributed by atoms with Gasteiger partial charge in [-0.2, -0.15) is 0 Å². The first-order chi connectivity index (χ1) is 9.99. The molecule has 2 unspecified atom stereocenters. The molecule has 0 fully saturated rings. The maximum atomic E-state index is 10.8. The summed E-state index contributed by atoms with van der Waals surface area (Å²) in [5.74, 6) is -0.599. The third-order valence-corrected chi connectivity index (χ3v) is 2.97. The molecule has 8 nitrogen and oxygen atoms in total. The molecule has 114 valence electrons. The number of hydrogen-bond donors (Lipinski definition) is 3. The number of aliphatic carboxylic acids is 1. The molecule has 0 aromatic heterocycles. The average Bonchev–Trinajstić information content (AvgIpc) is 2.46. The number of rotatable bonds is 8. The van der Waals surface area contributed by atoms with E-state index in [0.717, 1.165) is 0 Å². The fourth-order valence-electron chi connectivity index (χ4n) is 1.90. The number of carboxylic acids is 1. The van der Waals surface area contributed by atoms with Crippen LogP contribution in [-0.4, -0.2) is 41.0 Å². The third-order valence-electron chi connectivity index (χ3n) is 2.97. The number of ether oxygens (including phenoxy) is 1. The van der Waals surface area contributed by atoms with Crippen LogP contribution in [0.4, 0.5) is 0 Å². The van der Waals surface area contributed by atoms with E-state index >= 15 is 0 Å². The number of aliphatic hydroxyl groups excluding tert-OH is 2. The van der Waals surface area contributed by atoms with Crippen molar-refractivity contribution in [3.63, 3.8) is 0 Å². The van der Waals surface area contributed by atoms with Gasteiger partial charge in [0.2, 0.25) is 0 Å². The highest BCUT2D eigenvalue weighted by molar-refractivity contribution is 5.71. The molecule has 0 saturated carbocycles. The average molecular weight is 295 g/mol. The van der Waals surface area contributed by atoms with Crippen molar-refractivity contribution in [2.24, 2.45) is 5.11 Å². The zero-order valence-electron chi connectivity index (χ0n) is 11.5. The summed E-state index contributed by atoms with van der Waals surface area (Å²) in [4.78, 5) is 13.4. The second-order valence-corrected chi connectivity index (χ2v) is 4.39. The Morgan fingerprint density at radius 3 is 2.76 bits per heavy atom. The van der Waals surface area contributed by atoms with Gasteiger partial charge in [-0.3, -0.25) is 4.79 Å². The van der Waals surface area contributed by atoms with E-state index in [1.165, 1.54) is 19.2 Å². The summed E-state index contributed by atoms with van der Waals surface area (Å²) in [7, 11) is 1.44. The fraction of sp³-hybridized carbons (Fsp3) is 0.462. The zero-order valence-corrected chi connectivity index (χ0v) is 11.5. The number of methoxy groups -OCH3 is 1. The highest BCUT2D eigenvalue weighted by Crippen LogP contribution is 2.27. The summed E-state index contributed by atoms with van der Waals surface area (Å²) in [5.41, 5.74) is 8.85. The van der Waals surface area contributed by atoms with Crippen LogP contribution in [0.25, 0.3) is 10.4 Å². The number of nitrogens with zero attached hydrogens (tertiary/aromatic N) is 3. The van der Waals surface area contributed by atoms with Crippen LogP contribution in [0.5, 0.6) is 5.75 Å². The smallest absolute Gasteiger partial charge is 0.307 e. The minimum absolute atomic E-state index is 0.0347. The van der Waals surface area contributed by atoms with E-state index in [2.05, 4.69) is 10.0 Å². The van der Waals surface area contributed by atoms with Crippen LogP contribution in [-0.2, 0) is 11.2 Å². The van der Waals surface area contributed by atoms with Crippen molar-refractivity contribution in [1.29, 1.82) is 0 Å². The molecule has 0 heterocycles. The second-order valence-electron chi connectivity index (χ2n) is 4.39. The lowest BCUT2D eigenvalue weighted by Crippen LogP contribution is -2.21. The first-order valence-electron chi connectivity index (χ1n) is 6.25. The standard InChI is InChI=1S/C13H17N3O5/c1-21-9-3-2-8(6-12(18)19)10(7-9)13(20)11(17)4-5-15-16-14/h2-3,7,11,13,17,20H,4-6H2,1H3,(H,18,19). The lowest BCUT2D eigenvalue weighted by molar-refractivity contribution is -0.136. The summed E-state index contributed by atoms with van der Waals surface area (Å²) < 4.78 is 5.04. The Labute approximate surface area is 121 Å². The monoisotopic (exact) mass is 295 g/mol. The van der Waals surface area contributed by atoms with Crippen LogP contribution < -0.4 is 4.74 Å². The van der Waals surface area contributed by atoms with Crippen LogP contribution >= 0.6 is 0 Å². The number of carbonyl (C=O) groups is 1. The SMILES string of the molecule is COc1ccc(CC(=O)O)c(C(O)C(O)CCN=[N+]=[N-])c1. The van der Waals surface area contributed by atoms with Crippen molar-refractivity contribution in [2.45, 2.75) is 25.0 Å². The molecule has 0 bridgehead atoms. The summed E-state index contributed by atoms with van der Waals surface area (Å²) in [6.45, 7) is 0.0347. The molecule has 2 atom stereocenters. The van der Waals surface area contributed by atoms with Gasteiger partial charge in [0.15, 0.2) is 0 Å². The Morgan fingerprint density at radius 1 is 1.48 bits per heavy atom. The number of hydrogen-bond acceptors (Lipinski definition) is 5. The number of aliphatic hydroxyl groups is 2. The molecule has 0 amide bonds. The van der Waals surface area contributed by atoms with Gasteiger partial charge in [-0.1, -0.05) is 11.2 Å². The molecule has 1 rings (SSSR count). The molecule has 1 aromatic rings. The molecular formula is C13H17N3O5. The molecule has 0 aliphatic rings. The van der Waals surface area contributed by atoms with Gasteiger partial charge in [0.1, 0.15) is 11.9 Å². The highest BCUT2D eigenvalue weighted by Gasteiger charge is 2.22. The van der Waals surface area contributed by atoms with Crippen LogP contribution in [0.1, 0.15) is 23.7 Å². The maximum absolute atomic E-state index is 10.8. The third kappa shape index (κ3) is 4.96. The molecule has 21 heavy (non-hydrogen) atoms. The van der Waals surface area contributed by atoms with Crippen molar-refractivity contribution in [3.8, 4) is 5.75 Å². The Bertz CT molecular complexity index is 543. The van der Waals surface area contributed by atoms with Crippen LogP contribution in [0.15, 0.2) is 23.3 Å². The number of benzene rings is 1. The molecular weight excluding hydrogens is 278 g/mol. The van der Waals surface area contributed by atoms with Crippen LogP contribution in [0.2, 0.25) is 0 Å². The molecule has 0 aliphatic heterocycles. The van der Waals surface area contributed by atoms with Crippen LogP contribution in [0, 0.1) is 0 Å². The Kier molecular flexibility index (Phi) is 6.48. The maximum Gasteiger partial charge on any atom is 0.307 e. The molecule has 8 heteroatoms. The van der Waals surface area contributed by atoms with Crippen molar-refractivity contribution < 1.29 is 24.9 Å². The number of carboxylic acid groups (broad SMARTS) is 1. The fourth-order valence-corrected chi connectivity index (χ4v) is 1.90. The predicted molar refractivity (Wildman–Crippen MR) is 73.9 cm³/mol. The van der Waals surface area contributed by atoms with Gasteiger partial charge in [-0.15, -0.1) is 0 Å². The minimum Gasteiger partial charge on any atom is -0.497 e. The van der Waals surface area contributed by atoms with Crippen LogP contribution in [0.3, 0.4) is 0 Å². The number of azide groups is 1. The quantitative estimate of drug-likeness (QED) is 0.378. The van der Waals surface area contributed by atoms with Gasteiger partial charge < -0.3 is 20.1 Å². The van der Waals surface area contributed by atoms with Gasteiger partial charge in [0, 0.05) is 11.5 Å². The van der Waals surface area contributed by atoms with E-state index in [9.17, 15) is 15.0 Å². The predicted octanol–water partition coefficient (Wildman–Crippen LogP) is 1.42. The van der Waals surface area contributed by atoms with Crippen molar-refractivity contribution in [3.05, 3.63) is 39.8 Å². The summed E-state index contributed by atoms with van der Waals surface area (Å²) in [5, 5.41) is 32.2. The Hall–Kier alpha value is -2.28. The second kappa shape index (κ2) is 8.11. The zero-order chi connectivity index (χ0) is 15.8. The normalized spacial score (nSPS) is 13.1. The lowest BCUT2D eigenvalue weighted by atomic mass is 9.95. The van der Waals surface area contributed by atoms with E-state index in [0.29, 0.717) is 11.3 Å². The van der Waals surface area contributed by atoms with E-state index in [4.69, 9.17) is 15.4 Å². The van der Waals surface area contributed by atoms with Gasteiger partial charge in [0.25, 0.3) is 0 Å². The van der Waals surface area contributed by atoms with E-state index in [1.807, 2.05) is 0 Å². The Morgan fingerprint density at radius 2 is 2.19 bits per heavy atom. The van der Waals surface area contributed by atoms with Gasteiger partial charge in [-0.05, 0) is 35.2 Å². The molecule has 0 radical (unpaired) electrons. The first-order valence-corrected chi connectivity index (χ1v) is 6.25. The summed E-state index contributed by atoms with van der Waals surface area (Å²) in [6, 6.07) is 4.60. The summed E-state index contributed by atoms with van der Waals surface area (Å²) >= 11 is 0. The topological polar surface area (TPSA) is 136 Å². The molecule has 1 aromatic carbocycles. The first kappa shape index (κ1) is 16.8. The van der Waals surface area contributed by atoms with Crippen molar-refractivity contribution in [1.82, 2.24) is 0 Å². The van der Waals surface area contributed by atoms with E-state index < -0.39 is 18.2 Å². The van der Waals surface area contributed by atoms with Crippen molar-refractivity contribution in [2.75, 3.05) is 13.7 Å². The van der Waals surface area contributed by atoms with Gasteiger partial charge >= 0.3 is 5.97 Å². The van der Waals surface area contributed by atoms with E-state index in [1.54, 1.807) is 6.07 Å². The molecule has 0 spiro atoms. The largest absolute Gasteiger partial charge is 0.497 e. The molecule has 0 saturated heterocycles. The van der Waals surface area contributed by atoms with Gasteiger partial charge in [-0.25, -0.2) is 0 Å². The highest BCUT2D eigenvalue weighted by atomic mass is 16.5. The molecule has 3 N–H and O–H groups in total.